The Balaban J connectivity index is 1.89. The lowest BCUT2D eigenvalue weighted by Gasteiger charge is -2.02. The second-order valence-electron chi connectivity index (χ2n) is 4.20. The number of methoxy groups -OCH3 is 1. The van der Waals surface area contributed by atoms with Gasteiger partial charge in [-0.15, -0.1) is 0 Å². The molecule has 2 aromatic heterocycles. The third kappa shape index (κ3) is 3.53. The van der Waals surface area contributed by atoms with E-state index >= 15 is 0 Å². The summed E-state index contributed by atoms with van der Waals surface area (Å²) in [4.78, 5) is 26.6. The van der Waals surface area contributed by atoms with Crippen molar-refractivity contribution in [3.63, 3.8) is 0 Å². The van der Waals surface area contributed by atoms with E-state index in [0.717, 1.165) is 0 Å². The molecule has 0 fully saturated rings. The number of amides is 1. The zero-order valence-corrected chi connectivity index (χ0v) is 10.9. The fourth-order valence-electron chi connectivity index (χ4n) is 1.70. The summed E-state index contributed by atoms with van der Waals surface area (Å²) in [5.41, 5.74) is 1.22. The number of ether oxygens (including phenoxy) is 1. The van der Waals surface area contributed by atoms with Crippen molar-refractivity contribution in [3.05, 3.63) is 36.0 Å². The standard InChI is InChI=1S/C13H14FN3O3/c1-20-13(19)5-4-12(18)15-6-10-8-17-7-9(14)2-3-11(17)16-10/h2-3,7-8H,4-6H2,1H3,(H,15,18). The molecular formula is C13H14FN3O3. The summed E-state index contributed by atoms with van der Waals surface area (Å²) in [7, 11) is 1.27. The second kappa shape index (κ2) is 6.14. The predicted molar refractivity (Wildman–Crippen MR) is 68.2 cm³/mol. The Bertz CT molecular complexity index is 639. The van der Waals surface area contributed by atoms with E-state index in [0.29, 0.717) is 11.3 Å². The molecule has 0 aliphatic rings. The first kappa shape index (κ1) is 14.0. The highest BCUT2D eigenvalue weighted by Crippen LogP contribution is 2.06. The summed E-state index contributed by atoms with van der Waals surface area (Å²) >= 11 is 0. The average molecular weight is 279 g/mol. The molecule has 0 aromatic carbocycles. The molecule has 6 nitrogen and oxygen atoms in total. The quantitative estimate of drug-likeness (QED) is 0.830. The number of imidazole rings is 1. The smallest absolute Gasteiger partial charge is 0.306 e. The molecule has 1 amide bonds. The highest BCUT2D eigenvalue weighted by atomic mass is 19.1. The molecule has 0 bridgehead atoms. The Morgan fingerprint density at radius 1 is 1.35 bits per heavy atom. The maximum atomic E-state index is 13.0. The van der Waals surface area contributed by atoms with E-state index < -0.39 is 5.97 Å². The molecule has 106 valence electrons. The first-order valence-electron chi connectivity index (χ1n) is 6.05. The molecule has 20 heavy (non-hydrogen) atoms. The van der Waals surface area contributed by atoms with E-state index in [-0.39, 0.29) is 31.1 Å². The van der Waals surface area contributed by atoms with E-state index in [2.05, 4.69) is 15.0 Å². The number of hydrogen-bond donors (Lipinski definition) is 1. The van der Waals surface area contributed by atoms with Crippen LogP contribution in [0.2, 0.25) is 0 Å². The van der Waals surface area contributed by atoms with Crippen LogP contribution in [0.1, 0.15) is 18.5 Å². The molecule has 2 rings (SSSR count). The van der Waals surface area contributed by atoms with E-state index in [4.69, 9.17) is 0 Å². The van der Waals surface area contributed by atoms with Crippen LogP contribution in [-0.2, 0) is 20.9 Å². The molecule has 7 heteroatoms. The van der Waals surface area contributed by atoms with Gasteiger partial charge in [0.2, 0.25) is 5.91 Å². The molecule has 0 aliphatic carbocycles. The van der Waals surface area contributed by atoms with Gasteiger partial charge in [-0.2, -0.15) is 0 Å². The van der Waals surface area contributed by atoms with Gasteiger partial charge >= 0.3 is 5.97 Å². The molecule has 0 radical (unpaired) electrons. The maximum absolute atomic E-state index is 13.0. The fraction of sp³-hybridized carbons (Fsp3) is 0.308. The lowest BCUT2D eigenvalue weighted by atomic mass is 10.3. The molecule has 0 aliphatic heterocycles. The molecule has 0 saturated carbocycles. The lowest BCUT2D eigenvalue weighted by Crippen LogP contribution is -2.23. The Kier molecular flexibility index (Phi) is 4.29. The van der Waals surface area contributed by atoms with Crippen molar-refractivity contribution >= 4 is 17.5 Å². The van der Waals surface area contributed by atoms with Crippen LogP contribution >= 0.6 is 0 Å². The van der Waals surface area contributed by atoms with E-state index in [1.807, 2.05) is 0 Å². The van der Waals surface area contributed by atoms with Gasteiger partial charge in [-0.3, -0.25) is 9.59 Å². The van der Waals surface area contributed by atoms with Crippen molar-refractivity contribution in [1.29, 1.82) is 0 Å². The molecule has 0 unspecified atom stereocenters. The van der Waals surface area contributed by atoms with E-state index in [1.54, 1.807) is 16.7 Å². The van der Waals surface area contributed by atoms with Crippen LogP contribution in [0, 0.1) is 5.82 Å². The summed E-state index contributed by atoms with van der Waals surface area (Å²) < 4.78 is 19.0. The zero-order valence-electron chi connectivity index (χ0n) is 10.9. The molecule has 1 N–H and O–H groups in total. The number of nitrogens with zero attached hydrogens (tertiary/aromatic N) is 2. The Hall–Kier alpha value is -2.44. The minimum Gasteiger partial charge on any atom is -0.469 e. The first-order chi connectivity index (χ1) is 9.58. The molecule has 0 spiro atoms. The van der Waals surface area contributed by atoms with Crippen LogP contribution in [0.3, 0.4) is 0 Å². The second-order valence-corrected chi connectivity index (χ2v) is 4.20. The van der Waals surface area contributed by atoms with Gasteiger partial charge < -0.3 is 14.5 Å². The minimum absolute atomic E-state index is 0.0404. The number of hydrogen-bond acceptors (Lipinski definition) is 4. The van der Waals surface area contributed by atoms with Gasteiger partial charge in [0.05, 0.1) is 25.8 Å². The van der Waals surface area contributed by atoms with Gasteiger partial charge in [-0.25, -0.2) is 9.37 Å². The van der Waals surface area contributed by atoms with Gasteiger partial charge in [-0.05, 0) is 12.1 Å². The zero-order chi connectivity index (χ0) is 14.5. The number of aromatic nitrogens is 2. The van der Waals surface area contributed by atoms with Crippen LogP contribution in [0.15, 0.2) is 24.5 Å². The number of halogens is 1. The van der Waals surface area contributed by atoms with E-state index in [9.17, 15) is 14.0 Å². The van der Waals surface area contributed by atoms with Crippen molar-refractivity contribution in [2.45, 2.75) is 19.4 Å². The van der Waals surface area contributed by atoms with Gasteiger partial charge in [0.1, 0.15) is 11.5 Å². The third-order valence-corrected chi connectivity index (χ3v) is 2.72. The maximum Gasteiger partial charge on any atom is 0.306 e. The van der Waals surface area contributed by atoms with Gasteiger partial charge in [-0.1, -0.05) is 0 Å². The predicted octanol–water partition coefficient (Wildman–Crippen LogP) is 1.04. The molecule has 0 atom stereocenters. The van der Waals surface area contributed by atoms with Crippen LogP contribution in [-0.4, -0.2) is 28.4 Å². The molecular weight excluding hydrogens is 265 g/mol. The summed E-state index contributed by atoms with van der Waals surface area (Å²) in [5.74, 6) is -1.05. The lowest BCUT2D eigenvalue weighted by molar-refractivity contribution is -0.142. The summed E-state index contributed by atoms with van der Waals surface area (Å²) in [6, 6.07) is 2.87. The van der Waals surface area contributed by atoms with Crippen LogP contribution < -0.4 is 5.32 Å². The highest BCUT2D eigenvalue weighted by molar-refractivity contribution is 5.81. The highest BCUT2D eigenvalue weighted by Gasteiger charge is 2.08. The summed E-state index contributed by atoms with van der Waals surface area (Å²) in [6.07, 6.45) is 3.05. The number of carbonyl (C=O) groups excluding carboxylic acids is 2. The van der Waals surface area contributed by atoms with Crippen molar-refractivity contribution in [1.82, 2.24) is 14.7 Å². The van der Waals surface area contributed by atoms with Crippen molar-refractivity contribution < 1.29 is 18.7 Å². The van der Waals surface area contributed by atoms with Crippen molar-refractivity contribution in [2.24, 2.45) is 0 Å². The summed E-state index contributed by atoms with van der Waals surface area (Å²) in [5, 5.41) is 2.64. The fourth-order valence-corrected chi connectivity index (χ4v) is 1.70. The average Bonchev–Trinajstić information content (AvgIpc) is 2.84. The van der Waals surface area contributed by atoms with Crippen LogP contribution in [0.4, 0.5) is 4.39 Å². The number of fused-ring (bicyclic) bond motifs is 1. The Labute approximate surface area is 114 Å². The van der Waals surface area contributed by atoms with Crippen molar-refractivity contribution in [2.75, 3.05) is 7.11 Å². The van der Waals surface area contributed by atoms with Gasteiger partial charge in [0.25, 0.3) is 0 Å². The topological polar surface area (TPSA) is 72.7 Å². The number of esters is 1. The minimum atomic E-state index is -0.427. The van der Waals surface area contributed by atoms with Crippen LogP contribution in [0.25, 0.3) is 5.65 Å². The summed E-state index contributed by atoms with van der Waals surface area (Å²) in [6.45, 7) is 0.226. The monoisotopic (exact) mass is 279 g/mol. The SMILES string of the molecule is COC(=O)CCC(=O)NCc1cn2cc(F)ccc2n1. The number of carbonyl (C=O) groups is 2. The molecule has 2 aromatic rings. The first-order valence-corrected chi connectivity index (χ1v) is 6.05. The normalized spacial score (nSPS) is 10.5. The number of rotatable bonds is 5. The Morgan fingerprint density at radius 3 is 2.90 bits per heavy atom. The number of pyridine rings is 1. The van der Waals surface area contributed by atoms with Crippen molar-refractivity contribution in [3.8, 4) is 0 Å². The molecule has 0 saturated heterocycles. The third-order valence-electron chi connectivity index (χ3n) is 2.72. The molecule has 2 heterocycles. The van der Waals surface area contributed by atoms with E-state index in [1.165, 1.54) is 19.4 Å². The van der Waals surface area contributed by atoms with Gasteiger partial charge in [0, 0.05) is 18.8 Å². The van der Waals surface area contributed by atoms with Crippen LogP contribution in [0.5, 0.6) is 0 Å². The number of nitrogens with one attached hydrogen (secondary N) is 1. The van der Waals surface area contributed by atoms with Gasteiger partial charge in [0.15, 0.2) is 0 Å². The largest absolute Gasteiger partial charge is 0.469 e. The Morgan fingerprint density at radius 2 is 2.15 bits per heavy atom.